The Kier molecular flexibility index (Phi) is 2.41. The van der Waals surface area contributed by atoms with Crippen molar-refractivity contribution in [2.24, 2.45) is 17.8 Å². The molecule has 0 amide bonds. The molecule has 2 bridgehead atoms. The summed E-state index contributed by atoms with van der Waals surface area (Å²) in [5, 5.41) is 20.8. The highest BCUT2D eigenvalue weighted by Crippen LogP contribution is 2.67. The Morgan fingerprint density at radius 3 is 2.95 bits per heavy atom. The van der Waals surface area contributed by atoms with Gasteiger partial charge in [0.15, 0.2) is 5.75 Å². The zero-order valence-electron chi connectivity index (χ0n) is 11.4. The fourth-order valence-electron chi connectivity index (χ4n) is 5.62. The molecule has 106 valence electrons. The highest BCUT2D eigenvalue weighted by molar-refractivity contribution is 5.50. The van der Waals surface area contributed by atoms with Gasteiger partial charge in [-0.1, -0.05) is 12.5 Å². The van der Waals surface area contributed by atoms with Gasteiger partial charge in [-0.2, -0.15) is 0 Å². The molecule has 4 atom stereocenters. The van der Waals surface area contributed by atoms with Crippen LogP contribution >= 0.6 is 0 Å². The minimum atomic E-state index is -0.466. The zero-order valence-corrected chi connectivity index (χ0v) is 11.4. The zero-order chi connectivity index (χ0) is 13.9. The van der Waals surface area contributed by atoms with Crippen LogP contribution in [-0.4, -0.2) is 10.0 Å². The molecule has 0 radical (unpaired) electrons. The third-order valence-electron chi connectivity index (χ3n) is 6.25. The van der Waals surface area contributed by atoms with E-state index in [2.05, 4.69) is 0 Å². The molecule has 0 heterocycles. The Hall–Kier alpha value is -1.58. The standard InChI is InChI=1S/C16H19NO3/c18-15-6-5-12(9-14(15)17(19)20)16-7-1-2-13(16)10-3-4-11(16)8-10/h5-6,9-11,13,18H,1-4,7-8H2. The van der Waals surface area contributed by atoms with Crippen LogP contribution < -0.4 is 0 Å². The predicted molar refractivity (Wildman–Crippen MR) is 74.6 cm³/mol. The Balaban J connectivity index is 1.84. The van der Waals surface area contributed by atoms with Gasteiger partial charge in [0.25, 0.3) is 0 Å². The quantitative estimate of drug-likeness (QED) is 0.659. The molecular formula is C16H19NO3. The van der Waals surface area contributed by atoms with Crippen LogP contribution in [-0.2, 0) is 5.41 Å². The number of benzene rings is 1. The third kappa shape index (κ3) is 1.37. The van der Waals surface area contributed by atoms with E-state index < -0.39 is 4.92 Å². The molecule has 4 rings (SSSR count). The first-order valence-electron chi connectivity index (χ1n) is 7.61. The number of nitrogens with zero attached hydrogens (tertiary/aromatic N) is 1. The SMILES string of the molecule is O=[N+]([O-])c1cc(C23CCCC2C2CCC3C2)ccc1O. The Labute approximate surface area is 118 Å². The summed E-state index contributed by atoms with van der Waals surface area (Å²) in [6.45, 7) is 0. The number of fused-ring (bicyclic) bond motifs is 5. The monoisotopic (exact) mass is 273 g/mol. The fourth-order valence-corrected chi connectivity index (χ4v) is 5.62. The number of phenols is 1. The molecule has 4 unspecified atom stereocenters. The van der Waals surface area contributed by atoms with Gasteiger partial charge in [0.05, 0.1) is 4.92 Å². The summed E-state index contributed by atoms with van der Waals surface area (Å²) >= 11 is 0. The van der Waals surface area contributed by atoms with E-state index in [1.54, 1.807) is 6.07 Å². The first-order chi connectivity index (χ1) is 9.63. The molecule has 1 N–H and O–H groups in total. The molecule has 1 aromatic rings. The van der Waals surface area contributed by atoms with E-state index in [0.29, 0.717) is 11.8 Å². The predicted octanol–water partition coefficient (Wildman–Crippen LogP) is 3.77. The van der Waals surface area contributed by atoms with Crippen LogP contribution in [0, 0.1) is 27.9 Å². The van der Waals surface area contributed by atoms with E-state index in [9.17, 15) is 15.2 Å². The summed E-state index contributed by atoms with van der Waals surface area (Å²) < 4.78 is 0. The van der Waals surface area contributed by atoms with Gasteiger partial charge in [0.2, 0.25) is 0 Å². The van der Waals surface area contributed by atoms with Crippen LogP contribution in [0.3, 0.4) is 0 Å². The number of phenolic OH excluding ortho intramolecular Hbond substituents is 1. The second kappa shape index (κ2) is 3.96. The Morgan fingerprint density at radius 2 is 2.15 bits per heavy atom. The number of nitro groups is 1. The lowest BCUT2D eigenvalue weighted by Crippen LogP contribution is -2.36. The second-order valence-corrected chi connectivity index (χ2v) is 6.77. The fraction of sp³-hybridized carbons (Fsp3) is 0.625. The lowest BCUT2D eigenvalue weighted by atomic mass is 9.64. The number of hydrogen-bond acceptors (Lipinski definition) is 3. The minimum Gasteiger partial charge on any atom is -0.502 e. The smallest absolute Gasteiger partial charge is 0.310 e. The van der Waals surface area contributed by atoms with Crippen molar-refractivity contribution in [2.75, 3.05) is 0 Å². The number of nitro benzene ring substituents is 1. The van der Waals surface area contributed by atoms with Crippen molar-refractivity contribution >= 4 is 5.69 Å². The number of rotatable bonds is 2. The van der Waals surface area contributed by atoms with Crippen molar-refractivity contribution in [2.45, 2.75) is 43.9 Å². The van der Waals surface area contributed by atoms with Gasteiger partial charge in [0.1, 0.15) is 0 Å². The van der Waals surface area contributed by atoms with Gasteiger partial charge >= 0.3 is 5.69 Å². The van der Waals surface area contributed by atoms with Crippen molar-refractivity contribution in [3.63, 3.8) is 0 Å². The van der Waals surface area contributed by atoms with Gasteiger partial charge in [-0.25, -0.2) is 0 Å². The average Bonchev–Trinajstić information content (AvgIpc) is 3.11. The lowest BCUT2D eigenvalue weighted by Gasteiger charge is -2.40. The van der Waals surface area contributed by atoms with E-state index >= 15 is 0 Å². The molecule has 1 aromatic carbocycles. The minimum absolute atomic E-state index is 0.134. The van der Waals surface area contributed by atoms with Crippen LogP contribution in [0.25, 0.3) is 0 Å². The first-order valence-corrected chi connectivity index (χ1v) is 7.61. The van der Waals surface area contributed by atoms with Crippen molar-refractivity contribution < 1.29 is 10.0 Å². The Morgan fingerprint density at radius 1 is 1.30 bits per heavy atom. The number of hydrogen-bond donors (Lipinski definition) is 1. The maximum atomic E-state index is 11.1. The molecule has 0 saturated heterocycles. The molecule has 20 heavy (non-hydrogen) atoms. The summed E-state index contributed by atoms with van der Waals surface area (Å²) in [7, 11) is 0. The first kappa shape index (κ1) is 12.2. The maximum absolute atomic E-state index is 11.1. The highest BCUT2D eigenvalue weighted by Gasteiger charge is 2.60. The number of aromatic hydroxyl groups is 1. The molecule has 3 saturated carbocycles. The lowest BCUT2D eigenvalue weighted by molar-refractivity contribution is -0.386. The third-order valence-corrected chi connectivity index (χ3v) is 6.25. The van der Waals surface area contributed by atoms with Gasteiger partial charge in [-0.3, -0.25) is 10.1 Å². The van der Waals surface area contributed by atoms with E-state index in [1.165, 1.54) is 44.6 Å². The van der Waals surface area contributed by atoms with Crippen molar-refractivity contribution in [1.29, 1.82) is 0 Å². The Bertz CT molecular complexity index is 585. The molecule has 3 aliphatic carbocycles. The van der Waals surface area contributed by atoms with Crippen LogP contribution in [0.4, 0.5) is 5.69 Å². The maximum Gasteiger partial charge on any atom is 0.310 e. The summed E-state index contributed by atoms with van der Waals surface area (Å²) in [6, 6.07) is 5.10. The molecular weight excluding hydrogens is 254 g/mol. The normalized spacial score (nSPS) is 38.1. The van der Waals surface area contributed by atoms with Gasteiger partial charge in [-0.05, 0) is 61.5 Å². The van der Waals surface area contributed by atoms with E-state index in [0.717, 1.165) is 11.5 Å². The molecule has 3 fully saturated rings. The van der Waals surface area contributed by atoms with E-state index in [4.69, 9.17) is 0 Å². The summed E-state index contributed by atoms with van der Waals surface area (Å²) in [4.78, 5) is 10.6. The largest absolute Gasteiger partial charge is 0.502 e. The molecule has 0 aliphatic heterocycles. The molecule has 0 aromatic heterocycles. The highest BCUT2D eigenvalue weighted by atomic mass is 16.6. The molecule has 0 spiro atoms. The second-order valence-electron chi connectivity index (χ2n) is 6.77. The van der Waals surface area contributed by atoms with E-state index in [1.807, 2.05) is 6.07 Å². The average molecular weight is 273 g/mol. The van der Waals surface area contributed by atoms with Gasteiger partial charge in [-0.15, -0.1) is 0 Å². The molecule has 3 aliphatic rings. The summed E-state index contributed by atoms with van der Waals surface area (Å²) in [5.41, 5.74) is 1.14. The van der Waals surface area contributed by atoms with Crippen molar-refractivity contribution in [1.82, 2.24) is 0 Å². The molecule has 4 heteroatoms. The molecule has 4 nitrogen and oxygen atoms in total. The summed E-state index contributed by atoms with van der Waals surface area (Å²) in [5.74, 6) is 2.03. The summed E-state index contributed by atoms with van der Waals surface area (Å²) in [6.07, 6.45) is 7.61. The van der Waals surface area contributed by atoms with Gasteiger partial charge in [0, 0.05) is 11.5 Å². The topological polar surface area (TPSA) is 63.4 Å². The van der Waals surface area contributed by atoms with E-state index in [-0.39, 0.29) is 16.9 Å². The van der Waals surface area contributed by atoms with Crippen molar-refractivity contribution in [3.8, 4) is 5.75 Å². The van der Waals surface area contributed by atoms with Crippen molar-refractivity contribution in [3.05, 3.63) is 33.9 Å². The van der Waals surface area contributed by atoms with Crippen LogP contribution in [0.15, 0.2) is 18.2 Å². The van der Waals surface area contributed by atoms with Crippen LogP contribution in [0.1, 0.15) is 44.1 Å². The van der Waals surface area contributed by atoms with Crippen LogP contribution in [0.5, 0.6) is 5.75 Å². The van der Waals surface area contributed by atoms with Gasteiger partial charge < -0.3 is 5.11 Å². The van der Waals surface area contributed by atoms with Crippen LogP contribution in [0.2, 0.25) is 0 Å².